The fourth-order valence-corrected chi connectivity index (χ4v) is 3.61. The van der Waals surface area contributed by atoms with E-state index < -0.39 is 0 Å². The lowest BCUT2D eigenvalue weighted by Crippen LogP contribution is -2.55. The average molecular weight is 343 g/mol. The molecular formula is C20H46N4. The summed E-state index contributed by atoms with van der Waals surface area (Å²) in [6, 6.07) is 0.394. The number of nitrogens with two attached hydrogens (primary N) is 3. The van der Waals surface area contributed by atoms with E-state index in [2.05, 4.69) is 33.0 Å². The number of hydrogen-bond donors (Lipinski definition) is 4. The van der Waals surface area contributed by atoms with Gasteiger partial charge in [-0.05, 0) is 85.7 Å². The van der Waals surface area contributed by atoms with Gasteiger partial charge in [0.05, 0.1) is 0 Å². The predicted molar refractivity (Wildman–Crippen MR) is 108 cm³/mol. The first-order valence-corrected chi connectivity index (χ1v) is 10.2. The quantitative estimate of drug-likeness (QED) is 0.456. The Morgan fingerprint density at radius 2 is 1.17 bits per heavy atom. The van der Waals surface area contributed by atoms with Gasteiger partial charge in [-0.2, -0.15) is 0 Å². The molecule has 0 aromatic carbocycles. The monoisotopic (exact) mass is 342 g/mol. The normalized spacial score (nSPS) is 19.0. The number of hydrogen-bond acceptors (Lipinski definition) is 4. The van der Waals surface area contributed by atoms with E-state index in [1.807, 2.05) is 0 Å². The molecular weight excluding hydrogens is 296 g/mol. The highest BCUT2D eigenvalue weighted by Crippen LogP contribution is 2.27. The van der Waals surface area contributed by atoms with Gasteiger partial charge in [0, 0.05) is 17.1 Å². The van der Waals surface area contributed by atoms with Crippen molar-refractivity contribution in [1.29, 1.82) is 0 Å². The van der Waals surface area contributed by atoms with Crippen LogP contribution in [0.4, 0.5) is 0 Å². The Balaban J connectivity index is 0.000000463. The Bertz CT molecular complexity index is 263. The minimum Gasteiger partial charge on any atom is -0.330 e. The third-order valence-corrected chi connectivity index (χ3v) is 4.84. The lowest BCUT2D eigenvalue weighted by Gasteiger charge is -2.42. The van der Waals surface area contributed by atoms with E-state index in [0.29, 0.717) is 17.1 Å². The maximum Gasteiger partial charge on any atom is 0.0130 e. The lowest BCUT2D eigenvalue weighted by atomic mass is 9.83. The van der Waals surface area contributed by atoms with Crippen molar-refractivity contribution in [3.63, 3.8) is 0 Å². The highest BCUT2D eigenvalue weighted by Gasteiger charge is 2.31. The SMILES string of the molecule is CC1(C)CCCC(C)(C)N1.NCCCCCC(N)CCCCCN. The molecule has 1 rings (SSSR count). The van der Waals surface area contributed by atoms with E-state index in [9.17, 15) is 0 Å². The largest absolute Gasteiger partial charge is 0.330 e. The van der Waals surface area contributed by atoms with Gasteiger partial charge in [0.15, 0.2) is 0 Å². The molecule has 0 atom stereocenters. The highest BCUT2D eigenvalue weighted by atomic mass is 15.0. The molecule has 4 heteroatoms. The molecule has 1 aliphatic heterocycles. The second kappa shape index (κ2) is 13.1. The molecule has 146 valence electrons. The van der Waals surface area contributed by atoms with E-state index in [-0.39, 0.29) is 0 Å². The molecule has 0 amide bonds. The van der Waals surface area contributed by atoms with Gasteiger partial charge in [-0.15, -0.1) is 0 Å². The summed E-state index contributed by atoms with van der Waals surface area (Å²) in [4.78, 5) is 0. The Morgan fingerprint density at radius 1 is 0.750 bits per heavy atom. The Hall–Kier alpha value is -0.160. The predicted octanol–water partition coefficient (Wildman–Crippen LogP) is 3.67. The topological polar surface area (TPSA) is 90.1 Å². The molecule has 0 unspecified atom stereocenters. The first-order chi connectivity index (χ1) is 11.2. The fourth-order valence-electron chi connectivity index (χ4n) is 3.61. The van der Waals surface area contributed by atoms with Crippen LogP contribution in [0, 0.1) is 0 Å². The summed E-state index contributed by atoms with van der Waals surface area (Å²) in [6.07, 6.45) is 13.5. The number of unbranched alkanes of at least 4 members (excludes halogenated alkanes) is 4. The summed E-state index contributed by atoms with van der Waals surface area (Å²) >= 11 is 0. The maximum atomic E-state index is 5.98. The molecule has 0 saturated carbocycles. The molecule has 1 fully saturated rings. The Kier molecular flexibility index (Phi) is 13.0. The van der Waals surface area contributed by atoms with Crippen molar-refractivity contribution in [3.8, 4) is 0 Å². The molecule has 0 bridgehead atoms. The van der Waals surface area contributed by atoms with E-state index in [1.165, 1.54) is 44.9 Å². The summed E-state index contributed by atoms with van der Waals surface area (Å²) in [5, 5.41) is 3.63. The van der Waals surface area contributed by atoms with Crippen LogP contribution in [0.25, 0.3) is 0 Å². The van der Waals surface area contributed by atoms with E-state index in [4.69, 9.17) is 17.2 Å². The Morgan fingerprint density at radius 3 is 1.46 bits per heavy atom. The van der Waals surface area contributed by atoms with Gasteiger partial charge in [-0.1, -0.05) is 25.7 Å². The van der Waals surface area contributed by atoms with Gasteiger partial charge in [0.1, 0.15) is 0 Å². The van der Waals surface area contributed by atoms with Gasteiger partial charge >= 0.3 is 0 Å². The summed E-state index contributed by atoms with van der Waals surface area (Å²) in [7, 11) is 0. The van der Waals surface area contributed by atoms with Gasteiger partial charge in [-0.3, -0.25) is 0 Å². The molecule has 4 nitrogen and oxygen atoms in total. The molecule has 1 saturated heterocycles. The minimum absolute atomic E-state index is 0.363. The van der Waals surface area contributed by atoms with Crippen LogP contribution < -0.4 is 22.5 Å². The molecule has 0 aliphatic carbocycles. The Labute approximate surface area is 151 Å². The number of nitrogens with one attached hydrogen (secondary N) is 1. The van der Waals surface area contributed by atoms with Crippen molar-refractivity contribution in [2.24, 2.45) is 17.2 Å². The smallest absolute Gasteiger partial charge is 0.0130 e. The highest BCUT2D eigenvalue weighted by molar-refractivity contribution is 4.92. The van der Waals surface area contributed by atoms with Crippen LogP contribution in [0.3, 0.4) is 0 Å². The second-order valence-corrected chi connectivity index (χ2v) is 8.78. The van der Waals surface area contributed by atoms with Crippen LogP contribution in [-0.4, -0.2) is 30.2 Å². The molecule has 1 heterocycles. The van der Waals surface area contributed by atoms with Gasteiger partial charge < -0.3 is 22.5 Å². The van der Waals surface area contributed by atoms with Gasteiger partial charge in [-0.25, -0.2) is 0 Å². The lowest BCUT2D eigenvalue weighted by molar-refractivity contribution is 0.183. The van der Waals surface area contributed by atoms with Crippen molar-refractivity contribution in [3.05, 3.63) is 0 Å². The molecule has 24 heavy (non-hydrogen) atoms. The zero-order chi connectivity index (χ0) is 18.5. The second-order valence-electron chi connectivity index (χ2n) is 8.78. The van der Waals surface area contributed by atoms with Crippen molar-refractivity contribution in [2.45, 2.75) is 115 Å². The summed E-state index contributed by atoms with van der Waals surface area (Å²) < 4.78 is 0. The third kappa shape index (κ3) is 14.2. The first-order valence-electron chi connectivity index (χ1n) is 10.2. The van der Waals surface area contributed by atoms with Crippen molar-refractivity contribution in [1.82, 2.24) is 5.32 Å². The van der Waals surface area contributed by atoms with Crippen LogP contribution in [0.5, 0.6) is 0 Å². The van der Waals surface area contributed by atoms with Crippen LogP contribution in [0.15, 0.2) is 0 Å². The van der Waals surface area contributed by atoms with Crippen molar-refractivity contribution in [2.75, 3.05) is 13.1 Å². The van der Waals surface area contributed by atoms with Crippen LogP contribution >= 0.6 is 0 Å². The average Bonchev–Trinajstić information content (AvgIpc) is 2.46. The van der Waals surface area contributed by atoms with E-state index in [0.717, 1.165) is 38.8 Å². The first kappa shape index (κ1) is 23.8. The number of rotatable bonds is 10. The summed E-state index contributed by atoms with van der Waals surface area (Å²) in [5.41, 5.74) is 17.5. The maximum absolute atomic E-state index is 5.98. The minimum atomic E-state index is 0.363. The zero-order valence-corrected chi connectivity index (χ0v) is 17.0. The molecule has 0 radical (unpaired) electrons. The standard InChI is InChI=1S/C11H27N3.C9H19N/c12-9-5-1-3-7-11(14)8-4-2-6-10-13;1-8(2)6-5-7-9(3,4)10-8/h11H,1-10,12-14H2;10H,5-7H2,1-4H3. The van der Waals surface area contributed by atoms with Crippen LogP contribution in [-0.2, 0) is 0 Å². The summed E-state index contributed by atoms with van der Waals surface area (Å²) in [5.74, 6) is 0. The fraction of sp³-hybridized carbons (Fsp3) is 1.00. The van der Waals surface area contributed by atoms with Crippen LogP contribution in [0.1, 0.15) is 98.3 Å². The molecule has 1 aliphatic rings. The third-order valence-electron chi connectivity index (χ3n) is 4.84. The zero-order valence-electron chi connectivity index (χ0n) is 17.0. The van der Waals surface area contributed by atoms with Gasteiger partial charge in [0.25, 0.3) is 0 Å². The van der Waals surface area contributed by atoms with Crippen molar-refractivity contribution >= 4 is 0 Å². The molecule has 0 aromatic rings. The molecule has 0 aromatic heterocycles. The molecule has 0 spiro atoms. The summed E-state index contributed by atoms with van der Waals surface area (Å²) in [6.45, 7) is 10.8. The van der Waals surface area contributed by atoms with Gasteiger partial charge in [0.2, 0.25) is 0 Å². The molecule has 7 N–H and O–H groups in total. The van der Waals surface area contributed by atoms with E-state index in [1.54, 1.807) is 0 Å². The number of piperidine rings is 1. The van der Waals surface area contributed by atoms with E-state index >= 15 is 0 Å². The van der Waals surface area contributed by atoms with Crippen molar-refractivity contribution < 1.29 is 0 Å². The van der Waals surface area contributed by atoms with Crippen LogP contribution in [0.2, 0.25) is 0 Å².